The lowest BCUT2D eigenvalue weighted by Crippen LogP contribution is -2.45. The minimum atomic E-state index is -0.104. The van der Waals surface area contributed by atoms with E-state index in [2.05, 4.69) is 15.2 Å². The molecular formula is C21H21Cl2N3O2S. The Bertz CT molecular complexity index is 970. The van der Waals surface area contributed by atoms with Gasteiger partial charge in [-0.1, -0.05) is 52.7 Å². The number of ether oxygens (including phenoxy) is 1. The molecule has 1 aliphatic rings. The highest BCUT2D eigenvalue weighted by Crippen LogP contribution is 2.27. The van der Waals surface area contributed by atoms with Gasteiger partial charge >= 0.3 is 0 Å². The SMILES string of the molecule is O=C(COc1nc2ccccc2s1)NC1CCN(Cc2ccc(Cl)c(Cl)c2)CC1. The summed E-state index contributed by atoms with van der Waals surface area (Å²) in [5, 5.41) is 4.75. The first-order chi connectivity index (χ1) is 14.1. The van der Waals surface area contributed by atoms with Gasteiger partial charge in [-0.25, -0.2) is 4.98 Å². The Morgan fingerprint density at radius 2 is 1.97 bits per heavy atom. The molecule has 5 nitrogen and oxygen atoms in total. The molecule has 0 aliphatic carbocycles. The highest BCUT2D eigenvalue weighted by atomic mass is 35.5. The van der Waals surface area contributed by atoms with E-state index < -0.39 is 0 Å². The van der Waals surface area contributed by atoms with E-state index in [1.165, 1.54) is 11.3 Å². The minimum absolute atomic E-state index is 0.0106. The maximum Gasteiger partial charge on any atom is 0.274 e. The van der Waals surface area contributed by atoms with Gasteiger partial charge < -0.3 is 10.1 Å². The van der Waals surface area contributed by atoms with E-state index in [4.69, 9.17) is 27.9 Å². The van der Waals surface area contributed by atoms with Crippen LogP contribution in [0.2, 0.25) is 10.0 Å². The molecule has 1 aromatic heterocycles. The molecule has 0 bridgehead atoms. The monoisotopic (exact) mass is 449 g/mol. The molecule has 2 aromatic carbocycles. The third-order valence-corrected chi connectivity index (χ3v) is 6.63. The number of piperidine rings is 1. The van der Waals surface area contributed by atoms with Crippen LogP contribution in [-0.2, 0) is 11.3 Å². The van der Waals surface area contributed by atoms with Gasteiger partial charge in [0, 0.05) is 25.7 Å². The normalized spacial score (nSPS) is 15.5. The second-order valence-corrected chi connectivity index (χ2v) is 8.91. The summed E-state index contributed by atoms with van der Waals surface area (Å²) in [7, 11) is 0. The van der Waals surface area contributed by atoms with Crippen molar-refractivity contribution in [3.05, 3.63) is 58.1 Å². The Kier molecular flexibility index (Phi) is 6.55. The predicted molar refractivity (Wildman–Crippen MR) is 118 cm³/mol. The van der Waals surface area contributed by atoms with Crippen LogP contribution in [0.3, 0.4) is 0 Å². The zero-order valence-corrected chi connectivity index (χ0v) is 18.1. The van der Waals surface area contributed by atoms with Crippen LogP contribution >= 0.6 is 34.5 Å². The highest BCUT2D eigenvalue weighted by molar-refractivity contribution is 7.20. The van der Waals surface area contributed by atoms with Gasteiger partial charge in [0.25, 0.3) is 11.1 Å². The molecule has 8 heteroatoms. The van der Waals surface area contributed by atoms with Gasteiger partial charge in [0.1, 0.15) is 0 Å². The Morgan fingerprint density at radius 3 is 2.72 bits per heavy atom. The number of thiazole rings is 1. The van der Waals surface area contributed by atoms with Crippen molar-refractivity contribution in [1.29, 1.82) is 0 Å². The number of para-hydroxylation sites is 1. The number of halogens is 2. The summed E-state index contributed by atoms with van der Waals surface area (Å²) in [6.45, 7) is 2.66. The molecular weight excluding hydrogens is 429 g/mol. The van der Waals surface area contributed by atoms with Crippen molar-refractivity contribution in [3.8, 4) is 5.19 Å². The fourth-order valence-electron chi connectivity index (χ4n) is 3.44. The van der Waals surface area contributed by atoms with Crippen molar-refractivity contribution in [2.75, 3.05) is 19.7 Å². The third-order valence-electron chi connectivity index (χ3n) is 4.94. The number of likely N-dealkylation sites (tertiary alicyclic amines) is 1. The first-order valence-electron chi connectivity index (χ1n) is 9.51. The van der Waals surface area contributed by atoms with Gasteiger partial charge in [0.05, 0.1) is 20.3 Å². The molecule has 1 saturated heterocycles. The zero-order valence-electron chi connectivity index (χ0n) is 15.7. The number of rotatable bonds is 6. The molecule has 0 spiro atoms. The molecule has 2 heterocycles. The summed E-state index contributed by atoms with van der Waals surface area (Å²) in [6, 6.07) is 13.7. The number of carbonyl (C=O) groups excluding carboxylic acids is 1. The third kappa shape index (κ3) is 5.39. The number of hydrogen-bond acceptors (Lipinski definition) is 5. The van der Waals surface area contributed by atoms with Crippen molar-refractivity contribution in [2.24, 2.45) is 0 Å². The Morgan fingerprint density at radius 1 is 1.17 bits per heavy atom. The average molecular weight is 450 g/mol. The number of amides is 1. The van der Waals surface area contributed by atoms with Crippen molar-refractivity contribution in [1.82, 2.24) is 15.2 Å². The van der Waals surface area contributed by atoms with Crippen molar-refractivity contribution >= 4 is 50.7 Å². The van der Waals surface area contributed by atoms with Gasteiger partial charge in [-0.2, -0.15) is 0 Å². The number of hydrogen-bond donors (Lipinski definition) is 1. The molecule has 152 valence electrons. The number of fused-ring (bicyclic) bond motifs is 1. The average Bonchev–Trinajstić information content (AvgIpc) is 3.14. The Hall–Kier alpha value is -1.86. The minimum Gasteiger partial charge on any atom is -0.460 e. The van der Waals surface area contributed by atoms with E-state index in [1.807, 2.05) is 42.5 Å². The zero-order chi connectivity index (χ0) is 20.2. The Labute approximate surface area is 183 Å². The molecule has 1 amide bonds. The molecule has 4 rings (SSSR count). The maximum atomic E-state index is 12.2. The molecule has 0 atom stereocenters. The van der Waals surface area contributed by atoms with Crippen LogP contribution in [-0.4, -0.2) is 41.5 Å². The van der Waals surface area contributed by atoms with Gasteiger partial charge in [-0.15, -0.1) is 0 Å². The van der Waals surface area contributed by atoms with E-state index in [0.717, 1.165) is 48.3 Å². The lowest BCUT2D eigenvalue weighted by atomic mass is 10.0. The van der Waals surface area contributed by atoms with Crippen LogP contribution in [0.4, 0.5) is 0 Å². The fraction of sp³-hybridized carbons (Fsp3) is 0.333. The molecule has 1 aliphatic heterocycles. The number of nitrogens with one attached hydrogen (secondary N) is 1. The van der Waals surface area contributed by atoms with Crippen LogP contribution in [0, 0.1) is 0 Å². The first-order valence-corrected chi connectivity index (χ1v) is 11.1. The largest absolute Gasteiger partial charge is 0.460 e. The van der Waals surface area contributed by atoms with Gasteiger partial charge in [-0.05, 0) is 42.7 Å². The smallest absolute Gasteiger partial charge is 0.274 e. The standard InChI is InChI=1S/C21H21Cl2N3O2S/c22-16-6-5-14(11-17(16)23)12-26-9-7-15(8-10-26)24-20(27)13-28-21-25-18-3-1-2-4-19(18)29-21/h1-6,11,15H,7-10,12-13H2,(H,24,27). The van der Waals surface area contributed by atoms with Crippen LogP contribution in [0.1, 0.15) is 18.4 Å². The van der Waals surface area contributed by atoms with Gasteiger partial charge in [-0.3, -0.25) is 9.69 Å². The molecule has 0 radical (unpaired) electrons. The van der Waals surface area contributed by atoms with E-state index in [9.17, 15) is 4.79 Å². The quantitative estimate of drug-likeness (QED) is 0.588. The molecule has 1 fully saturated rings. The van der Waals surface area contributed by atoms with Crippen LogP contribution in [0.15, 0.2) is 42.5 Å². The van der Waals surface area contributed by atoms with E-state index in [-0.39, 0.29) is 18.6 Å². The highest BCUT2D eigenvalue weighted by Gasteiger charge is 2.21. The molecule has 29 heavy (non-hydrogen) atoms. The lowest BCUT2D eigenvalue weighted by molar-refractivity contribution is -0.124. The molecule has 0 unspecified atom stereocenters. The van der Waals surface area contributed by atoms with E-state index in [1.54, 1.807) is 0 Å². The van der Waals surface area contributed by atoms with Crippen LogP contribution < -0.4 is 10.1 Å². The number of carbonyl (C=O) groups is 1. The first kappa shape index (κ1) is 20.4. The number of benzene rings is 2. The van der Waals surface area contributed by atoms with E-state index >= 15 is 0 Å². The van der Waals surface area contributed by atoms with Crippen LogP contribution in [0.5, 0.6) is 5.19 Å². The topological polar surface area (TPSA) is 54.5 Å². The van der Waals surface area contributed by atoms with Gasteiger partial charge in [0.2, 0.25) is 0 Å². The molecule has 3 aromatic rings. The van der Waals surface area contributed by atoms with Crippen molar-refractivity contribution < 1.29 is 9.53 Å². The second kappa shape index (κ2) is 9.30. The lowest BCUT2D eigenvalue weighted by Gasteiger charge is -2.32. The van der Waals surface area contributed by atoms with Crippen molar-refractivity contribution in [2.45, 2.75) is 25.4 Å². The summed E-state index contributed by atoms with van der Waals surface area (Å²) in [5.74, 6) is -0.104. The maximum absolute atomic E-state index is 12.2. The van der Waals surface area contributed by atoms with E-state index in [0.29, 0.717) is 15.2 Å². The van der Waals surface area contributed by atoms with Gasteiger partial charge in [0.15, 0.2) is 6.61 Å². The molecule has 0 saturated carbocycles. The van der Waals surface area contributed by atoms with Crippen molar-refractivity contribution in [3.63, 3.8) is 0 Å². The predicted octanol–water partition coefficient (Wildman–Crippen LogP) is 4.76. The summed E-state index contributed by atoms with van der Waals surface area (Å²) in [4.78, 5) is 19.0. The summed E-state index contributed by atoms with van der Waals surface area (Å²) < 4.78 is 6.63. The second-order valence-electron chi connectivity index (χ2n) is 7.10. The summed E-state index contributed by atoms with van der Waals surface area (Å²) in [6.07, 6.45) is 1.82. The molecule has 1 N–H and O–H groups in total. The summed E-state index contributed by atoms with van der Waals surface area (Å²) >= 11 is 13.5. The fourth-order valence-corrected chi connectivity index (χ4v) is 4.58. The number of nitrogens with zero attached hydrogens (tertiary/aromatic N) is 2. The van der Waals surface area contributed by atoms with Crippen LogP contribution in [0.25, 0.3) is 10.2 Å². The summed E-state index contributed by atoms with van der Waals surface area (Å²) in [5.41, 5.74) is 2.04. The Balaban J connectivity index is 1.20. The number of aromatic nitrogens is 1.